The van der Waals surface area contributed by atoms with E-state index in [2.05, 4.69) is 19.9 Å². The van der Waals surface area contributed by atoms with Crippen LogP contribution in [0.15, 0.2) is 23.8 Å². The third kappa shape index (κ3) is 4.78. The normalized spacial score (nSPS) is 13.7. The molecular formula is C16H11F9N6O2. The summed E-state index contributed by atoms with van der Waals surface area (Å²) in [6, 6.07) is 2.09. The van der Waals surface area contributed by atoms with Gasteiger partial charge < -0.3 is 9.84 Å². The monoisotopic (exact) mass is 490 g/mol. The fourth-order valence-corrected chi connectivity index (χ4v) is 2.22. The summed E-state index contributed by atoms with van der Waals surface area (Å²) in [5.74, 6) is -22.1. The van der Waals surface area contributed by atoms with Crippen LogP contribution in [0.2, 0.25) is 0 Å². The largest absolute Gasteiger partial charge is 0.856 e. The topological polar surface area (TPSA) is 103 Å². The maximum atomic E-state index is 13.7. The van der Waals surface area contributed by atoms with Gasteiger partial charge in [-0.3, -0.25) is 0 Å². The van der Waals surface area contributed by atoms with Crippen molar-refractivity contribution in [3.8, 4) is 11.9 Å². The van der Waals surface area contributed by atoms with Crippen molar-refractivity contribution in [1.29, 1.82) is 5.26 Å². The second-order valence-electron chi connectivity index (χ2n) is 6.43. The highest BCUT2D eigenvalue weighted by atomic mass is 19.4. The third-order valence-corrected chi connectivity index (χ3v) is 3.97. The molecule has 0 spiro atoms. The predicted molar refractivity (Wildman–Crippen MR) is 85.4 cm³/mol. The number of ether oxygens (including phenoxy) is 1. The molecule has 180 valence electrons. The van der Waals surface area contributed by atoms with Gasteiger partial charge in [0.15, 0.2) is 6.61 Å². The zero-order valence-electron chi connectivity index (χ0n) is 16.3. The lowest BCUT2D eigenvalue weighted by atomic mass is 10.0. The van der Waals surface area contributed by atoms with Gasteiger partial charge in [-0.1, -0.05) is 0 Å². The van der Waals surface area contributed by atoms with Crippen LogP contribution in [0.1, 0.15) is 16.8 Å². The summed E-state index contributed by atoms with van der Waals surface area (Å²) in [5.41, 5.74) is -1.44. The minimum Gasteiger partial charge on any atom is -0.856 e. The van der Waals surface area contributed by atoms with Crippen LogP contribution in [0, 0.1) is 18.3 Å². The average Bonchev–Trinajstić information content (AvgIpc) is 3.09. The third-order valence-electron chi connectivity index (χ3n) is 3.97. The van der Waals surface area contributed by atoms with Crippen molar-refractivity contribution in [3.63, 3.8) is 0 Å². The Labute approximate surface area is 178 Å². The molecule has 0 aromatic carbocycles. The van der Waals surface area contributed by atoms with E-state index in [9.17, 15) is 44.6 Å². The van der Waals surface area contributed by atoms with Gasteiger partial charge in [-0.2, -0.15) is 44.8 Å². The first-order valence-electron chi connectivity index (χ1n) is 8.35. The van der Waals surface area contributed by atoms with E-state index in [-0.39, 0.29) is 11.3 Å². The van der Waals surface area contributed by atoms with Crippen molar-refractivity contribution in [1.82, 2.24) is 14.8 Å². The molecule has 0 aliphatic heterocycles. The fraction of sp³-hybridized carbons (Fsp3) is 0.438. The summed E-state index contributed by atoms with van der Waals surface area (Å²) >= 11 is 0. The molecule has 0 saturated carbocycles. The molecule has 2 heterocycles. The van der Waals surface area contributed by atoms with E-state index >= 15 is 0 Å². The van der Waals surface area contributed by atoms with Gasteiger partial charge in [-0.15, -0.1) is 14.5 Å². The second kappa shape index (κ2) is 8.41. The molecule has 0 aliphatic carbocycles. The van der Waals surface area contributed by atoms with Crippen molar-refractivity contribution < 1.29 is 54.0 Å². The van der Waals surface area contributed by atoms with Gasteiger partial charge in [0.25, 0.3) is 6.33 Å². The Morgan fingerprint density at radius 2 is 1.79 bits per heavy atom. The van der Waals surface area contributed by atoms with Crippen molar-refractivity contribution in [3.05, 3.63) is 35.5 Å². The Morgan fingerprint density at radius 3 is 2.27 bits per heavy atom. The SMILES string of the molecule is Cc1nc(OCC(F)(F)C(F)(F)C(F)(F)C(F)(F)F)c(C#N)cc1/C([O-])=N/[n+]1cnn(C)c1. The smallest absolute Gasteiger partial charge is 0.460 e. The zero-order valence-corrected chi connectivity index (χ0v) is 16.3. The number of hydrogen-bond donors (Lipinski definition) is 0. The highest BCUT2D eigenvalue weighted by Gasteiger charge is 2.81. The van der Waals surface area contributed by atoms with E-state index in [4.69, 9.17) is 5.26 Å². The van der Waals surface area contributed by atoms with Crippen molar-refractivity contribution >= 4 is 5.90 Å². The van der Waals surface area contributed by atoms with Crippen LogP contribution in [0.4, 0.5) is 39.5 Å². The standard InChI is InChI=1S/C16H11F9N6O2/c1-8-10(11(32)29-31-6-27-30(2)7-31)3-9(4-26)12(28-8)33-5-13(17,18)14(19,20)15(21,22)16(23,24)25/h3,6-7H,5H2,1-2H3. The van der Waals surface area contributed by atoms with Crippen LogP contribution in [0.25, 0.3) is 0 Å². The molecule has 2 aromatic rings. The van der Waals surface area contributed by atoms with Crippen LogP contribution in [0.3, 0.4) is 0 Å². The average molecular weight is 490 g/mol. The molecule has 8 nitrogen and oxygen atoms in total. The first kappa shape index (κ1) is 25.7. The van der Waals surface area contributed by atoms with Crippen molar-refractivity contribution in [2.24, 2.45) is 12.1 Å². The Kier molecular flexibility index (Phi) is 6.54. The Bertz CT molecular complexity index is 1100. The highest BCUT2D eigenvalue weighted by Crippen LogP contribution is 2.53. The molecule has 33 heavy (non-hydrogen) atoms. The molecule has 0 aliphatic rings. The predicted octanol–water partition coefficient (Wildman–Crippen LogP) is 1.70. The number of alkyl halides is 9. The Morgan fingerprint density at radius 1 is 1.18 bits per heavy atom. The van der Waals surface area contributed by atoms with Gasteiger partial charge in [0.05, 0.1) is 7.05 Å². The molecule has 0 radical (unpaired) electrons. The van der Waals surface area contributed by atoms with Gasteiger partial charge >= 0.3 is 23.9 Å². The molecule has 0 atom stereocenters. The first-order chi connectivity index (χ1) is 14.9. The summed E-state index contributed by atoms with van der Waals surface area (Å²) < 4.78 is 123. The van der Waals surface area contributed by atoms with E-state index in [1.54, 1.807) is 0 Å². The first-order valence-corrected chi connectivity index (χ1v) is 8.35. The van der Waals surface area contributed by atoms with Crippen LogP contribution < -0.4 is 14.5 Å². The number of pyridine rings is 1. The maximum absolute atomic E-state index is 13.7. The van der Waals surface area contributed by atoms with E-state index < -0.39 is 47.9 Å². The number of hydrogen-bond acceptors (Lipinski definition) is 6. The van der Waals surface area contributed by atoms with Gasteiger partial charge in [0, 0.05) is 22.3 Å². The lowest BCUT2D eigenvalue weighted by Crippen LogP contribution is -2.62. The van der Waals surface area contributed by atoms with Gasteiger partial charge in [0.1, 0.15) is 11.6 Å². The molecule has 2 rings (SSSR count). The molecule has 0 unspecified atom stereocenters. The summed E-state index contributed by atoms with van der Waals surface area (Å²) in [6.45, 7) is -1.58. The summed E-state index contributed by atoms with van der Waals surface area (Å²) in [7, 11) is 1.51. The number of nitrogens with zero attached hydrogens (tertiary/aromatic N) is 6. The Balaban J connectivity index is 2.34. The minimum absolute atomic E-state index is 0.307. The molecule has 0 bridgehead atoms. The van der Waals surface area contributed by atoms with Crippen LogP contribution in [-0.4, -0.2) is 51.2 Å². The van der Waals surface area contributed by atoms with Crippen molar-refractivity contribution in [2.45, 2.75) is 30.9 Å². The van der Waals surface area contributed by atoms with E-state index in [0.29, 0.717) is 0 Å². The molecular weight excluding hydrogens is 479 g/mol. The molecule has 2 aromatic heterocycles. The lowest BCUT2D eigenvalue weighted by molar-refractivity contribution is -0.682. The molecule has 17 heteroatoms. The van der Waals surface area contributed by atoms with Gasteiger partial charge in [-0.05, 0) is 13.0 Å². The number of rotatable bonds is 7. The number of nitriles is 1. The molecule has 0 amide bonds. The fourth-order valence-electron chi connectivity index (χ4n) is 2.22. The molecule has 0 saturated heterocycles. The lowest BCUT2D eigenvalue weighted by Gasteiger charge is -2.33. The number of halogens is 9. The summed E-state index contributed by atoms with van der Waals surface area (Å²) in [6.07, 6.45) is -4.59. The van der Waals surface area contributed by atoms with Crippen LogP contribution in [-0.2, 0) is 7.05 Å². The molecule has 0 fully saturated rings. The maximum Gasteiger partial charge on any atom is 0.460 e. The van der Waals surface area contributed by atoms with Crippen LogP contribution >= 0.6 is 0 Å². The number of aryl methyl sites for hydroxylation is 2. The summed E-state index contributed by atoms with van der Waals surface area (Å²) in [4.78, 5) is 3.46. The Hall–Kier alpha value is -3.58. The highest BCUT2D eigenvalue weighted by molar-refractivity contribution is 5.91. The van der Waals surface area contributed by atoms with Gasteiger partial charge in [0.2, 0.25) is 12.2 Å². The zero-order chi connectivity index (χ0) is 25.4. The van der Waals surface area contributed by atoms with Crippen molar-refractivity contribution in [2.75, 3.05) is 6.61 Å². The molecule has 0 N–H and O–H groups in total. The second-order valence-corrected chi connectivity index (χ2v) is 6.43. The minimum atomic E-state index is -7.09. The van der Waals surface area contributed by atoms with E-state index in [1.165, 1.54) is 24.1 Å². The van der Waals surface area contributed by atoms with E-state index in [0.717, 1.165) is 24.0 Å². The van der Waals surface area contributed by atoms with E-state index in [1.807, 2.05) is 0 Å². The van der Waals surface area contributed by atoms with Crippen LogP contribution in [0.5, 0.6) is 5.88 Å². The van der Waals surface area contributed by atoms with Gasteiger partial charge in [-0.25, -0.2) is 4.98 Å². The quantitative estimate of drug-likeness (QED) is 0.255. The summed E-state index contributed by atoms with van der Waals surface area (Å²) in [5, 5.41) is 28.7. The number of aromatic nitrogens is 4.